The SMILES string of the molecule is CCC1CCC(O)(c2ccc3nc(C)ccc3c2)CC1. The summed E-state index contributed by atoms with van der Waals surface area (Å²) in [7, 11) is 0. The Bertz CT molecular complexity index is 612. The Kier molecular flexibility index (Phi) is 3.51. The van der Waals surface area contributed by atoms with Gasteiger partial charge in [0.25, 0.3) is 0 Å². The molecule has 1 aromatic heterocycles. The molecular weight excluding hydrogens is 246 g/mol. The van der Waals surface area contributed by atoms with Gasteiger partial charge >= 0.3 is 0 Å². The van der Waals surface area contributed by atoms with Crippen molar-refractivity contribution in [2.45, 2.75) is 51.6 Å². The first kappa shape index (κ1) is 13.6. The lowest BCUT2D eigenvalue weighted by atomic mass is 9.74. The number of benzene rings is 1. The van der Waals surface area contributed by atoms with E-state index in [-0.39, 0.29) is 0 Å². The van der Waals surface area contributed by atoms with E-state index in [1.54, 1.807) is 0 Å². The molecule has 1 N–H and O–H groups in total. The molecule has 0 saturated heterocycles. The van der Waals surface area contributed by atoms with Crippen molar-refractivity contribution in [2.75, 3.05) is 0 Å². The van der Waals surface area contributed by atoms with Gasteiger partial charge < -0.3 is 5.11 Å². The highest BCUT2D eigenvalue weighted by Gasteiger charge is 2.34. The number of aromatic nitrogens is 1. The Balaban J connectivity index is 1.92. The lowest BCUT2D eigenvalue weighted by Crippen LogP contribution is -2.31. The predicted molar refractivity (Wildman–Crippen MR) is 82.6 cm³/mol. The normalized spacial score (nSPS) is 26.9. The molecule has 3 rings (SSSR count). The summed E-state index contributed by atoms with van der Waals surface area (Å²) in [5, 5.41) is 12.1. The molecule has 2 aromatic rings. The van der Waals surface area contributed by atoms with Gasteiger partial charge in [-0.1, -0.05) is 25.5 Å². The molecule has 2 heteroatoms. The van der Waals surface area contributed by atoms with Gasteiger partial charge in [0.1, 0.15) is 0 Å². The third-order valence-corrected chi connectivity index (χ3v) is 4.88. The molecule has 0 amide bonds. The van der Waals surface area contributed by atoms with Crippen LogP contribution in [0.5, 0.6) is 0 Å². The highest BCUT2D eigenvalue weighted by Crippen LogP contribution is 2.41. The molecule has 1 saturated carbocycles. The van der Waals surface area contributed by atoms with Crippen molar-refractivity contribution in [1.29, 1.82) is 0 Å². The van der Waals surface area contributed by atoms with Gasteiger partial charge in [-0.15, -0.1) is 0 Å². The van der Waals surface area contributed by atoms with Gasteiger partial charge in [-0.2, -0.15) is 0 Å². The average molecular weight is 269 g/mol. The van der Waals surface area contributed by atoms with Crippen molar-refractivity contribution in [1.82, 2.24) is 4.98 Å². The van der Waals surface area contributed by atoms with Crippen LogP contribution < -0.4 is 0 Å². The summed E-state index contributed by atoms with van der Waals surface area (Å²) in [5.74, 6) is 0.792. The molecule has 1 aromatic carbocycles. The summed E-state index contributed by atoms with van der Waals surface area (Å²) in [4.78, 5) is 4.53. The van der Waals surface area contributed by atoms with Crippen LogP contribution in [0, 0.1) is 12.8 Å². The summed E-state index contributed by atoms with van der Waals surface area (Å²) in [6.45, 7) is 4.26. The molecule has 0 unspecified atom stereocenters. The fourth-order valence-electron chi connectivity index (χ4n) is 3.37. The number of aryl methyl sites for hydroxylation is 1. The maximum Gasteiger partial charge on any atom is 0.0897 e. The molecule has 1 aliphatic rings. The second kappa shape index (κ2) is 5.17. The second-order valence-electron chi connectivity index (χ2n) is 6.24. The summed E-state index contributed by atoms with van der Waals surface area (Å²) in [6, 6.07) is 10.4. The van der Waals surface area contributed by atoms with Crippen molar-refractivity contribution in [3.63, 3.8) is 0 Å². The van der Waals surface area contributed by atoms with Crippen molar-refractivity contribution in [3.05, 3.63) is 41.6 Å². The van der Waals surface area contributed by atoms with Crippen molar-refractivity contribution in [3.8, 4) is 0 Å². The Hall–Kier alpha value is -1.41. The Morgan fingerprint density at radius 1 is 1.20 bits per heavy atom. The van der Waals surface area contributed by atoms with Gasteiger partial charge in [-0.3, -0.25) is 4.98 Å². The van der Waals surface area contributed by atoms with E-state index in [1.165, 1.54) is 6.42 Å². The molecule has 2 nitrogen and oxygen atoms in total. The van der Waals surface area contributed by atoms with Gasteiger partial charge in [0, 0.05) is 11.1 Å². The maximum absolute atomic E-state index is 10.9. The number of hydrogen-bond donors (Lipinski definition) is 1. The van der Waals surface area contributed by atoms with E-state index >= 15 is 0 Å². The van der Waals surface area contributed by atoms with Gasteiger partial charge in [0.2, 0.25) is 0 Å². The first-order valence-corrected chi connectivity index (χ1v) is 7.71. The average Bonchev–Trinajstić information content (AvgIpc) is 2.47. The van der Waals surface area contributed by atoms with Gasteiger partial charge in [-0.25, -0.2) is 0 Å². The van der Waals surface area contributed by atoms with E-state index in [1.807, 2.05) is 19.1 Å². The van der Waals surface area contributed by atoms with Crippen LogP contribution in [0.2, 0.25) is 0 Å². The molecule has 0 atom stereocenters. The molecular formula is C18H23NO. The summed E-state index contributed by atoms with van der Waals surface area (Å²) in [5.41, 5.74) is 2.47. The standard InChI is InChI=1S/C18H23NO/c1-3-14-8-10-18(20,11-9-14)16-6-7-17-15(12-16)5-4-13(2)19-17/h4-7,12,14,20H,3,8-11H2,1-2H3. The number of pyridine rings is 1. The van der Waals surface area contributed by atoms with Crippen molar-refractivity contribution >= 4 is 10.9 Å². The minimum absolute atomic E-state index is 0.634. The number of hydrogen-bond acceptors (Lipinski definition) is 2. The van der Waals surface area contributed by atoms with E-state index < -0.39 is 5.60 Å². The zero-order valence-electron chi connectivity index (χ0n) is 12.4. The Labute approximate surface area is 120 Å². The van der Waals surface area contributed by atoms with Crippen molar-refractivity contribution in [2.24, 2.45) is 5.92 Å². The highest BCUT2D eigenvalue weighted by atomic mass is 16.3. The zero-order valence-corrected chi connectivity index (χ0v) is 12.4. The zero-order chi connectivity index (χ0) is 14.2. The minimum Gasteiger partial charge on any atom is -0.385 e. The molecule has 20 heavy (non-hydrogen) atoms. The van der Waals surface area contributed by atoms with Crippen LogP contribution >= 0.6 is 0 Å². The Morgan fingerprint density at radius 2 is 1.95 bits per heavy atom. The van der Waals surface area contributed by atoms with Crippen LogP contribution in [0.4, 0.5) is 0 Å². The molecule has 106 valence electrons. The quantitative estimate of drug-likeness (QED) is 0.880. The summed E-state index contributed by atoms with van der Waals surface area (Å²) in [6.07, 6.45) is 5.28. The molecule has 0 bridgehead atoms. The summed E-state index contributed by atoms with van der Waals surface area (Å²) >= 11 is 0. The molecule has 1 aliphatic carbocycles. The third kappa shape index (κ3) is 2.45. The monoisotopic (exact) mass is 269 g/mol. The van der Waals surface area contributed by atoms with E-state index in [0.29, 0.717) is 0 Å². The lowest BCUT2D eigenvalue weighted by Gasteiger charge is -2.36. The fourth-order valence-corrected chi connectivity index (χ4v) is 3.37. The van der Waals surface area contributed by atoms with Crippen LogP contribution in [0.25, 0.3) is 10.9 Å². The topological polar surface area (TPSA) is 33.1 Å². The molecule has 0 spiro atoms. The molecule has 1 fully saturated rings. The smallest absolute Gasteiger partial charge is 0.0897 e. The van der Waals surface area contributed by atoms with Crippen LogP contribution in [0.1, 0.15) is 50.3 Å². The van der Waals surface area contributed by atoms with Gasteiger partial charge in [-0.05, 0) is 62.3 Å². The van der Waals surface area contributed by atoms with E-state index in [9.17, 15) is 5.11 Å². The van der Waals surface area contributed by atoms with E-state index in [0.717, 1.165) is 53.8 Å². The van der Waals surface area contributed by atoms with Crippen LogP contribution in [-0.4, -0.2) is 10.1 Å². The third-order valence-electron chi connectivity index (χ3n) is 4.88. The highest BCUT2D eigenvalue weighted by molar-refractivity contribution is 5.79. The van der Waals surface area contributed by atoms with Crippen LogP contribution in [-0.2, 0) is 5.60 Å². The predicted octanol–water partition coefficient (Wildman–Crippen LogP) is 4.33. The van der Waals surface area contributed by atoms with Gasteiger partial charge in [0.15, 0.2) is 0 Å². The number of nitrogens with zero attached hydrogens (tertiary/aromatic N) is 1. The second-order valence-corrected chi connectivity index (χ2v) is 6.24. The minimum atomic E-state index is -0.634. The fraction of sp³-hybridized carbons (Fsp3) is 0.500. The lowest BCUT2D eigenvalue weighted by molar-refractivity contribution is -0.0144. The van der Waals surface area contributed by atoms with E-state index in [4.69, 9.17) is 0 Å². The number of fused-ring (bicyclic) bond motifs is 1. The van der Waals surface area contributed by atoms with E-state index in [2.05, 4.69) is 30.1 Å². The van der Waals surface area contributed by atoms with Crippen LogP contribution in [0.15, 0.2) is 30.3 Å². The number of rotatable bonds is 2. The van der Waals surface area contributed by atoms with Crippen molar-refractivity contribution < 1.29 is 5.11 Å². The first-order chi connectivity index (χ1) is 9.60. The number of aliphatic hydroxyl groups is 1. The first-order valence-electron chi connectivity index (χ1n) is 7.71. The molecule has 0 radical (unpaired) electrons. The largest absolute Gasteiger partial charge is 0.385 e. The van der Waals surface area contributed by atoms with Gasteiger partial charge in [0.05, 0.1) is 11.1 Å². The molecule has 1 heterocycles. The summed E-state index contributed by atoms with van der Waals surface area (Å²) < 4.78 is 0. The Morgan fingerprint density at radius 3 is 2.65 bits per heavy atom. The van der Waals surface area contributed by atoms with Crippen LogP contribution in [0.3, 0.4) is 0 Å². The maximum atomic E-state index is 10.9. The molecule has 0 aliphatic heterocycles.